The second-order valence-corrected chi connectivity index (χ2v) is 6.90. The predicted octanol–water partition coefficient (Wildman–Crippen LogP) is 4.30. The molecule has 4 rings (SSSR count). The molecule has 1 unspecified atom stereocenters. The fraction of sp³-hybridized carbons (Fsp3) is 0.273. The van der Waals surface area contributed by atoms with Crippen molar-refractivity contribution in [3.8, 4) is 0 Å². The van der Waals surface area contributed by atoms with Gasteiger partial charge < -0.3 is 9.88 Å². The summed E-state index contributed by atoms with van der Waals surface area (Å²) in [6, 6.07) is 18.2. The summed E-state index contributed by atoms with van der Waals surface area (Å²) in [6.45, 7) is 2.95. The highest BCUT2D eigenvalue weighted by atomic mass is 16.2. The minimum atomic E-state index is -0.595. The number of nitrogens with one attached hydrogen (secondary N) is 1. The predicted molar refractivity (Wildman–Crippen MR) is 103 cm³/mol. The fourth-order valence-electron chi connectivity index (χ4n) is 4.03. The molecule has 1 aliphatic rings. The number of anilines is 1. The minimum Gasteiger partial charge on any atom is -0.335 e. The van der Waals surface area contributed by atoms with Gasteiger partial charge in [-0.2, -0.15) is 0 Å². The standard InChI is InChI=1S/C22H23N3O/c1-17-23-14-16-25(17)15-8-7-13-22(18-9-3-2-4-10-18)19-11-5-6-12-20(19)24-21(22)26/h2-6,9-12,14,16H,7-8,13,15H2,1H3,(H,24,26). The van der Waals surface area contributed by atoms with Crippen LogP contribution in [0, 0.1) is 6.92 Å². The van der Waals surface area contributed by atoms with Crippen LogP contribution in [0.1, 0.15) is 36.2 Å². The van der Waals surface area contributed by atoms with Gasteiger partial charge in [0.25, 0.3) is 0 Å². The quantitative estimate of drug-likeness (QED) is 0.677. The van der Waals surface area contributed by atoms with E-state index in [1.54, 1.807) is 0 Å². The van der Waals surface area contributed by atoms with E-state index in [0.29, 0.717) is 0 Å². The van der Waals surface area contributed by atoms with Crippen molar-refractivity contribution in [2.24, 2.45) is 0 Å². The van der Waals surface area contributed by atoms with Crippen molar-refractivity contribution in [3.05, 3.63) is 83.9 Å². The molecular weight excluding hydrogens is 322 g/mol. The van der Waals surface area contributed by atoms with Crippen molar-refractivity contribution in [2.75, 3.05) is 5.32 Å². The van der Waals surface area contributed by atoms with E-state index < -0.39 is 5.41 Å². The van der Waals surface area contributed by atoms with Gasteiger partial charge in [0.2, 0.25) is 5.91 Å². The third kappa shape index (κ3) is 2.71. The maximum Gasteiger partial charge on any atom is 0.239 e. The Morgan fingerprint density at radius 1 is 1.04 bits per heavy atom. The molecule has 4 nitrogen and oxygen atoms in total. The van der Waals surface area contributed by atoms with Crippen molar-refractivity contribution < 1.29 is 4.79 Å². The number of benzene rings is 2. The van der Waals surface area contributed by atoms with E-state index >= 15 is 0 Å². The molecule has 1 N–H and O–H groups in total. The van der Waals surface area contributed by atoms with Crippen LogP contribution in [0.5, 0.6) is 0 Å². The molecule has 3 aromatic rings. The van der Waals surface area contributed by atoms with E-state index in [1.807, 2.05) is 55.7 Å². The van der Waals surface area contributed by atoms with Gasteiger partial charge in [0.1, 0.15) is 11.2 Å². The summed E-state index contributed by atoms with van der Waals surface area (Å²) >= 11 is 0. The second kappa shape index (κ2) is 6.79. The Morgan fingerprint density at radius 2 is 1.81 bits per heavy atom. The van der Waals surface area contributed by atoms with Gasteiger partial charge in [0.15, 0.2) is 0 Å². The number of rotatable bonds is 6. The van der Waals surface area contributed by atoms with Gasteiger partial charge in [-0.15, -0.1) is 0 Å². The van der Waals surface area contributed by atoms with Crippen molar-refractivity contribution in [1.29, 1.82) is 0 Å². The molecule has 0 radical (unpaired) electrons. The first kappa shape index (κ1) is 16.6. The van der Waals surface area contributed by atoms with Gasteiger partial charge in [-0.3, -0.25) is 4.79 Å². The van der Waals surface area contributed by atoms with Crippen LogP contribution in [0.2, 0.25) is 0 Å². The first-order valence-corrected chi connectivity index (χ1v) is 9.16. The molecule has 1 aliphatic heterocycles. The van der Waals surface area contributed by atoms with Crippen LogP contribution in [0.25, 0.3) is 0 Å². The Bertz CT molecular complexity index is 916. The number of unbranched alkanes of at least 4 members (excludes halogenated alkanes) is 1. The lowest BCUT2D eigenvalue weighted by atomic mass is 9.72. The molecule has 1 amide bonds. The molecule has 132 valence electrons. The van der Waals surface area contributed by atoms with Crippen molar-refractivity contribution in [3.63, 3.8) is 0 Å². The smallest absolute Gasteiger partial charge is 0.239 e. The lowest BCUT2D eigenvalue weighted by molar-refractivity contribution is -0.119. The van der Waals surface area contributed by atoms with E-state index in [2.05, 4.69) is 33.1 Å². The van der Waals surface area contributed by atoms with Crippen LogP contribution in [-0.4, -0.2) is 15.5 Å². The molecule has 0 saturated carbocycles. The van der Waals surface area contributed by atoms with E-state index in [0.717, 1.165) is 48.4 Å². The van der Waals surface area contributed by atoms with Crippen LogP contribution >= 0.6 is 0 Å². The Hall–Kier alpha value is -2.88. The summed E-state index contributed by atoms with van der Waals surface area (Å²) in [7, 11) is 0. The molecule has 0 bridgehead atoms. The van der Waals surface area contributed by atoms with Crippen LogP contribution in [-0.2, 0) is 16.8 Å². The highest BCUT2D eigenvalue weighted by molar-refractivity contribution is 6.08. The van der Waals surface area contributed by atoms with Crippen molar-refractivity contribution in [1.82, 2.24) is 9.55 Å². The van der Waals surface area contributed by atoms with Gasteiger partial charge in [-0.05, 0) is 43.4 Å². The Labute approximate surface area is 153 Å². The summed E-state index contributed by atoms with van der Waals surface area (Å²) in [5, 5.41) is 3.10. The van der Waals surface area contributed by atoms with Crippen LogP contribution < -0.4 is 5.32 Å². The largest absolute Gasteiger partial charge is 0.335 e. The number of para-hydroxylation sites is 1. The van der Waals surface area contributed by atoms with Gasteiger partial charge >= 0.3 is 0 Å². The molecule has 1 atom stereocenters. The average Bonchev–Trinajstić information content (AvgIpc) is 3.20. The van der Waals surface area contributed by atoms with Crippen molar-refractivity contribution in [2.45, 2.75) is 38.1 Å². The summed E-state index contributed by atoms with van der Waals surface area (Å²) in [5.74, 6) is 1.12. The normalized spacial score (nSPS) is 18.6. The fourth-order valence-corrected chi connectivity index (χ4v) is 4.03. The SMILES string of the molecule is Cc1nccn1CCCCC1(c2ccccc2)C(=O)Nc2ccccc21. The van der Waals surface area contributed by atoms with Crippen LogP contribution in [0.3, 0.4) is 0 Å². The zero-order valence-corrected chi connectivity index (χ0v) is 15.0. The molecule has 26 heavy (non-hydrogen) atoms. The number of imidazole rings is 1. The third-order valence-corrected chi connectivity index (χ3v) is 5.41. The first-order valence-electron chi connectivity index (χ1n) is 9.16. The number of carbonyl (C=O) groups is 1. The Morgan fingerprint density at radius 3 is 2.58 bits per heavy atom. The lowest BCUT2D eigenvalue weighted by Gasteiger charge is -2.28. The van der Waals surface area contributed by atoms with Gasteiger partial charge in [0, 0.05) is 24.6 Å². The molecule has 0 saturated heterocycles. The maximum atomic E-state index is 13.1. The van der Waals surface area contributed by atoms with E-state index in [-0.39, 0.29) is 5.91 Å². The topological polar surface area (TPSA) is 46.9 Å². The molecular formula is C22H23N3O. The highest BCUT2D eigenvalue weighted by Crippen LogP contribution is 2.46. The molecule has 2 aromatic carbocycles. The lowest BCUT2D eigenvalue weighted by Crippen LogP contribution is -2.35. The highest BCUT2D eigenvalue weighted by Gasteiger charge is 2.47. The Balaban J connectivity index is 1.61. The molecule has 2 heterocycles. The van der Waals surface area contributed by atoms with Crippen LogP contribution in [0.15, 0.2) is 67.0 Å². The molecule has 0 aliphatic carbocycles. The molecule has 0 spiro atoms. The van der Waals surface area contributed by atoms with Gasteiger partial charge in [-0.25, -0.2) is 4.98 Å². The van der Waals surface area contributed by atoms with Crippen LogP contribution in [0.4, 0.5) is 5.69 Å². The number of amides is 1. The number of aromatic nitrogens is 2. The zero-order valence-electron chi connectivity index (χ0n) is 15.0. The molecule has 0 fully saturated rings. The number of aryl methyl sites for hydroxylation is 2. The number of hydrogen-bond acceptors (Lipinski definition) is 2. The van der Waals surface area contributed by atoms with Crippen molar-refractivity contribution >= 4 is 11.6 Å². The first-order chi connectivity index (χ1) is 12.7. The Kier molecular flexibility index (Phi) is 4.33. The monoisotopic (exact) mass is 345 g/mol. The maximum absolute atomic E-state index is 13.1. The summed E-state index contributed by atoms with van der Waals surface area (Å²) in [4.78, 5) is 17.4. The summed E-state index contributed by atoms with van der Waals surface area (Å²) < 4.78 is 2.16. The minimum absolute atomic E-state index is 0.0868. The summed E-state index contributed by atoms with van der Waals surface area (Å²) in [6.07, 6.45) is 6.63. The molecule has 1 aromatic heterocycles. The zero-order chi connectivity index (χ0) is 18.0. The van der Waals surface area contributed by atoms with E-state index in [9.17, 15) is 4.79 Å². The third-order valence-electron chi connectivity index (χ3n) is 5.41. The van der Waals surface area contributed by atoms with Gasteiger partial charge in [-0.1, -0.05) is 48.5 Å². The number of nitrogens with zero attached hydrogens (tertiary/aromatic N) is 2. The number of hydrogen-bond donors (Lipinski definition) is 1. The number of fused-ring (bicyclic) bond motifs is 1. The van der Waals surface area contributed by atoms with E-state index in [1.165, 1.54) is 0 Å². The van der Waals surface area contributed by atoms with E-state index in [4.69, 9.17) is 0 Å². The second-order valence-electron chi connectivity index (χ2n) is 6.90. The molecule has 4 heteroatoms. The average molecular weight is 345 g/mol. The summed E-state index contributed by atoms with van der Waals surface area (Å²) in [5.41, 5.74) is 2.50. The van der Waals surface area contributed by atoms with Gasteiger partial charge in [0.05, 0.1) is 0 Å². The number of carbonyl (C=O) groups excluding carboxylic acids is 1.